The number of hydrogen-bond donors (Lipinski definition) is 1. The minimum Gasteiger partial charge on any atom is -0.410 e. The van der Waals surface area contributed by atoms with Crippen molar-refractivity contribution in [3.8, 4) is 5.75 Å². The fraction of sp³-hybridized carbons (Fsp3) is 0.154. The Balaban J connectivity index is 1.42. The molecule has 0 saturated carbocycles. The predicted molar refractivity (Wildman–Crippen MR) is 122 cm³/mol. The van der Waals surface area contributed by atoms with E-state index in [2.05, 4.69) is 5.32 Å². The minimum absolute atomic E-state index is 0.391. The molecule has 33 heavy (non-hydrogen) atoms. The second kappa shape index (κ2) is 9.65. The maximum Gasteiger partial charge on any atom is 0.415 e. The predicted octanol–water partition coefficient (Wildman–Crippen LogP) is 5.90. The number of anilines is 1. The van der Waals surface area contributed by atoms with E-state index in [1.165, 1.54) is 6.07 Å². The third kappa shape index (κ3) is 5.09. The highest BCUT2D eigenvalue weighted by atomic mass is 19.1. The van der Waals surface area contributed by atoms with E-state index in [0.717, 1.165) is 28.8 Å². The van der Waals surface area contributed by atoms with Gasteiger partial charge in [0, 0.05) is 18.8 Å². The van der Waals surface area contributed by atoms with Gasteiger partial charge in [0.05, 0.1) is 0 Å². The topological polar surface area (TPSA) is 58.6 Å². The number of hydrogen-bond acceptors (Lipinski definition) is 3. The van der Waals surface area contributed by atoms with Gasteiger partial charge in [0.2, 0.25) is 0 Å². The number of halogens is 2. The van der Waals surface area contributed by atoms with Gasteiger partial charge in [-0.05, 0) is 66.5 Å². The van der Waals surface area contributed by atoms with E-state index in [4.69, 9.17) is 4.74 Å². The van der Waals surface area contributed by atoms with E-state index in [-0.39, 0.29) is 0 Å². The Hall–Kier alpha value is -4.00. The first-order chi connectivity index (χ1) is 15.9. The molecule has 1 heterocycles. The van der Waals surface area contributed by atoms with Crippen molar-refractivity contribution < 1.29 is 23.1 Å². The molecule has 168 valence electrons. The lowest BCUT2D eigenvalue weighted by Gasteiger charge is -2.29. The standard InChI is InChI=1S/C26H22F2N2O3/c1-17-16-30(26(32)33-20-6-3-2-4-7-20)15-14-21(17)18-10-12-19(13-11-18)29-25(31)24-22(27)8-5-9-23(24)28/h2-13H,14-16H2,1H3,(H,29,31). The molecule has 5 nitrogen and oxygen atoms in total. The number of amides is 2. The highest BCUT2D eigenvalue weighted by molar-refractivity contribution is 6.04. The van der Waals surface area contributed by atoms with Crippen LogP contribution in [0, 0.1) is 11.6 Å². The zero-order valence-electron chi connectivity index (χ0n) is 18.0. The largest absolute Gasteiger partial charge is 0.415 e. The van der Waals surface area contributed by atoms with Crippen molar-refractivity contribution >= 4 is 23.3 Å². The Morgan fingerprint density at radius 3 is 2.21 bits per heavy atom. The first-order valence-electron chi connectivity index (χ1n) is 10.5. The molecule has 4 rings (SSSR count). The second-order valence-electron chi connectivity index (χ2n) is 7.74. The van der Waals surface area contributed by atoms with Crippen molar-refractivity contribution in [2.45, 2.75) is 13.3 Å². The van der Waals surface area contributed by atoms with Gasteiger partial charge in [-0.25, -0.2) is 13.6 Å². The van der Waals surface area contributed by atoms with Crippen molar-refractivity contribution in [2.24, 2.45) is 0 Å². The van der Waals surface area contributed by atoms with Gasteiger partial charge in [-0.15, -0.1) is 0 Å². The fourth-order valence-electron chi connectivity index (χ4n) is 3.78. The lowest BCUT2D eigenvalue weighted by atomic mass is 9.94. The first-order valence-corrected chi connectivity index (χ1v) is 10.5. The Labute approximate surface area is 190 Å². The summed E-state index contributed by atoms with van der Waals surface area (Å²) in [7, 11) is 0. The van der Waals surface area contributed by atoms with Crippen LogP contribution in [0.15, 0.2) is 78.4 Å². The molecular weight excluding hydrogens is 426 g/mol. The number of para-hydroxylation sites is 1. The molecule has 1 N–H and O–H groups in total. The molecule has 0 radical (unpaired) electrons. The molecule has 0 atom stereocenters. The summed E-state index contributed by atoms with van der Waals surface area (Å²) in [6.45, 7) is 2.93. The number of nitrogens with zero attached hydrogens (tertiary/aromatic N) is 1. The number of benzene rings is 3. The van der Waals surface area contributed by atoms with Gasteiger partial charge in [-0.3, -0.25) is 4.79 Å². The fourth-order valence-corrected chi connectivity index (χ4v) is 3.78. The van der Waals surface area contributed by atoms with Crippen molar-refractivity contribution in [3.63, 3.8) is 0 Å². The summed E-state index contributed by atoms with van der Waals surface area (Å²) in [4.78, 5) is 26.4. The van der Waals surface area contributed by atoms with E-state index in [1.54, 1.807) is 41.3 Å². The highest BCUT2D eigenvalue weighted by Gasteiger charge is 2.23. The molecule has 0 aliphatic carbocycles. The summed E-state index contributed by atoms with van der Waals surface area (Å²) in [6.07, 6.45) is 0.264. The van der Waals surface area contributed by atoms with Gasteiger partial charge in [0.1, 0.15) is 22.9 Å². The molecule has 0 saturated heterocycles. The number of rotatable bonds is 4. The number of ether oxygens (including phenoxy) is 1. The van der Waals surface area contributed by atoms with Crippen LogP contribution in [-0.4, -0.2) is 30.0 Å². The van der Waals surface area contributed by atoms with Gasteiger partial charge in [-0.2, -0.15) is 0 Å². The van der Waals surface area contributed by atoms with Crippen LogP contribution >= 0.6 is 0 Å². The molecule has 2 amide bonds. The third-order valence-corrected chi connectivity index (χ3v) is 5.46. The molecule has 0 aromatic heterocycles. The van der Waals surface area contributed by atoms with Crippen molar-refractivity contribution in [2.75, 3.05) is 18.4 Å². The number of carbonyl (C=O) groups excluding carboxylic acids is 2. The SMILES string of the molecule is CC1=C(c2ccc(NC(=O)c3c(F)cccc3F)cc2)CCN(C(=O)Oc2ccccc2)C1. The molecule has 3 aromatic rings. The lowest BCUT2D eigenvalue weighted by Crippen LogP contribution is -2.38. The van der Waals surface area contributed by atoms with Crippen molar-refractivity contribution in [3.05, 3.63) is 101 Å². The Bertz CT molecular complexity index is 1190. The molecule has 0 unspecified atom stereocenters. The Morgan fingerprint density at radius 2 is 1.58 bits per heavy atom. The smallest absolute Gasteiger partial charge is 0.410 e. The maximum atomic E-state index is 13.8. The van der Waals surface area contributed by atoms with E-state index in [0.29, 0.717) is 30.9 Å². The number of nitrogens with one attached hydrogen (secondary N) is 1. The van der Waals surface area contributed by atoms with Gasteiger partial charge in [-0.1, -0.05) is 36.4 Å². The maximum absolute atomic E-state index is 13.8. The average molecular weight is 448 g/mol. The zero-order chi connectivity index (χ0) is 23.4. The summed E-state index contributed by atoms with van der Waals surface area (Å²) in [5.41, 5.74) is 2.91. The Morgan fingerprint density at radius 1 is 0.909 bits per heavy atom. The van der Waals surface area contributed by atoms with E-state index < -0.39 is 29.2 Å². The molecular formula is C26H22F2N2O3. The summed E-state index contributed by atoms with van der Waals surface area (Å²) >= 11 is 0. The van der Waals surface area contributed by atoms with Gasteiger partial charge in [0.15, 0.2) is 0 Å². The molecule has 0 fully saturated rings. The van der Waals surface area contributed by atoms with Crippen LogP contribution in [-0.2, 0) is 0 Å². The molecule has 7 heteroatoms. The highest BCUT2D eigenvalue weighted by Crippen LogP contribution is 2.29. The van der Waals surface area contributed by atoms with Crippen LogP contribution in [0.25, 0.3) is 5.57 Å². The molecule has 1 aliphatic rings. The first kappa shape index (κ1) is 22.2. The van der Waals surface area contributed by atoms with Crippen molar-refractivity contribution in [1.29, 1.82) is 0 Å². The molecule has 1 aliphatic heterocycles. The van der Waals surface area contributed by atoms with E-state index in [1.807, 2.05) is 25.1 Å². The third-order valence-electron chi connectivity index (χ3n) is 5.46. The normalized spacial score (nSPS) is 13.6. The summed E-state index contributed by atoms with van der Waals surface area (Å²) in [6, 6.07) is 19.3. The van der Waals surface area contributed by atoms with E-state index >= 15 is 0 Å². The molecule has 0 bridgehead atoms. The van der Waals surface area contributed by atoms with Crippen LogP contribution in [0.4, 0.5) is 19.3 Å². The second-order valence-corrected chi connectivity index (χ2v) is 7.74. The lowest BCUT2D eigenvalue weighted by molar-refractivity contribution is 0.101. The van der Waals surface area contributed by atoms with Crippen LogP contribution in [0.1, 0.15) is 29.3 Å². The average Bonchev–Trinajstić information content (AvgIpc) is 2.80. The molecule has 3 aromatic carbocycles. The quantitative estimate of drug-likeness (QED) is 0.541. The summed E-state index contributed by atoms with van der Waals surface area (Å²) in [5, 5.41) is 2.52. The number of carbonyl (C=O) groups is 2. The van der Waals surface area contributed by atoms with E-state index in [9.17, 15) is 18.4 Å². The van der Waals surface area contributed by atoms with Gasteiger partial charge < -0.3 is 15.0 Å². The van der Waals surface area contributed by atoms with Gasteiger partial charge >= 0.3 is 6.09 Å². The molecule has 0 spiro atoms. The summed E-state index contributed by atoms with van der Waals surface area (Å²) < 4.78 is 33.1. The Kier molecular flexibility index (Phi) is 6.49. The van der Waals surface area contributed by atoms with Crippen LogP contribution in [0.5, 0.6) is 5.75 Å². The van der Waals surface area contributed by atoms with Gasteiger partial charge in [0.25, 0.3) is 5.91 Å². The van der Waals surface area contributed by atoms with Crippen molar-refractivity contribution in [1.82, 2.24) is 4.90 Å². The van der Waals surface area contributed by atoms with Crippen LogP contribution in [0.2, 0.25) is 0 Å². The van der Waals surface area contributed by atoms with Crippen LogP contribution < -0.4 is 10.1 Å². The zero-order valence-corrected chi connectivity index (χ0v) is 18.0. The summed E-state index contributed by atoms with van der Waals surface area (Å²) in [5.74, 6) is -2.17. The van der Waals surface area contributed by atoms with Crippen LogP contribution in [0.3, 0.4) is 0 Å². The monoisotopic (exact) mass is 448 g/mol. The minimum atomic E-state index is -0.914.